The van der Waals surface area contributed by atoms with Crippen molar-refractivity contribution in [3.63, 3.8) is 0 Å². The fraction of sp³-hybridized carbons (Fsp3) is 0.423. The number of likely N-dealkylation sites (tertiary alicyclic amines) is 1. The Hall–Kier alpha value is -2.63. The number of nitrogens with zero attached hydrogens (tertiary/aromatic N) is 3. The smallest absolute Gasteiger partial charge is 0.152 e. The molecule has 0 amide bonds. The molecule has 0 radical (unpaired) electrons. The van der Waals surface area contributed by atoms with Gasteiger partial charge in [0.25, 0.3) is 0 Å². The quantitative estimate of drug-likeness (QED) is 0.626. The van der Waals surface area contributed by atoms with E-state index >= 15 is 0 Å². The van der Waals surface area contributed by atoms with Gasteiger partial charge in [-0.3, -0.25) is 0 Å². The Morgan fingerprint density at radius 2 is 1.68 bits per heavy atom. The lowest BCUT2D eigenvalue weighted by Crippen LogP contribution is -2.44. The maximum Gasteiger partial charge on any atom is 0.152 e. The third kappa shape index (κ3) is 4.00. The van der Waals surface area contributed by atoms with Crippen LogP contribution in [0.5, 0.6) is 5.75 Å². The van der Waals surface area contributed by atoms with E-state index in [1.807, 2.05) is 18.2 Å². The number of piperidine rings is 1. The minimum absolute atomic E-state index is 0.0539. The molecule has 5 heteroatoms. The third-order valence-electron chi connectivity index (χ3n) is 7.04. The van der Waals surface area contributed by atoms with Crippen molar-refractivity contribution in [1.29, 1.82) is 0 Å². The lowest BCUT2D eigenvalue weighted by atomic mass is 9.91. The van der Waals surface area contributed by atoms with Crippen molar-refractivity contribution < 1.29 is 9.63 Å². The molecule has 5 nitrogen and oxygen atoms in total. The molecule has 3 aromatic rings. The first-order valence-corrected chi connectivity index (χ1v) is 11.3. The Morgan fingerprint density at radius 1 is 1.00 bits per heavy atom. The van der Waals surface area contributed by atoms with Gasteiger partial charge >= 0.3 is 0 Å². The predicted molar refractivity (Wildman–Crippen MR) is 123 cm³/mol. The van der Waals surface area contributed by atoms with Gasteiger partial charge in [-0.2, -0.15) is 0 Å². The number of phenols is 1. The molecule has 31 heavy (non-hydrogen) atoms. The van der Waals surface area contributed by atoms with Gasteiger partial charge in [-0.05, 0) is 82.7 Å². The molecule has 1 aliphatic carbocycles. The van der Waals surface area contributed by atoms with E-state index in [0.717, 1.165) is 60.6 Å². The second-order valence-electron chi connectivity index (χ2n) is 9.40. The molecule has 2 aliphatic rings. The first-order chi connectivity index (χ1) is 15.1. The molecule has 2 heterocycles. The minimum atomic E-state index is 0.0539. The Kier molecular flexibility index (Phi) is 5.32. The van der Waals surface area contributed by atoms with E-state index in [0.29, 0.717) is 6.04 Å². The van der Waals surface area contributed by atoms with Crippen LogP contribution < -0.4 is 0 Å². The number of aromatic hydroxyl groups is 1. The van der Waals surface area contributed by atoms with Crippen molar-refractivity contribution in [2.24, 2.45) is 0 Å². The highest BCUT2D eigenvalue weighted by Gasteiger charge is 2.51. The van der Waals surface area contributed by atoms with E-state index in [1.54, 1.807) is 12.1 Å². The zero-order valence-electron chi connectivity index (χ0n) is 18.4. The Balaban J connectivity index is 1.47. The molecule has 162 valence electrons. The number of phenolic OH excluding ortho intramolecular Hbond substituents is 1. The van der Waals surface area contributed by atoms with Crippen molar-refractivity contribution in [3.05, 3.63) is 60.4 Å². The number of aromatic nitrogens is 1. The summed E-state index contributed by atoms with van der Waals surface area (Å²) >= 11 is 0. The highest BCUT2D eigenvalue weighted by molar-refractivity contribution is 5.83. The van der Waals surface area contributed by atoms with Crippen LogP contribution >= 0.6 is 0 Å². The number of hydrogen-bond donors (Lipinski definition) is 1. The molecule has 0 spiro atoms. The third-order valence-corrected chi connectivity index (χ3v) is 7.04. The fourth-order valence-corrected chi connectivity index (χ4v) is 4.97. The Labute approximate surface area is 184 Å². The van der Waals surface area contributed by atoms with E-state index in [-0.39, 0.29) is 11.2 Å². The Morgan fingerprint density at radius 3 is 2.29 bits per heavy atom. The van der Waals surface area contributed by atoms with Crippen molar-refractivity contribution in [2.75, 3.05) is 33.7 Å². The molecule has 1 N–H and O–H groups in total. The fourth-order valence-electron chi connectivity index (χ4n) is 4.97. The van der Waals surface area contributed by atoms with Gasteiger partial charge in [-0.25, -0.2) is 0 Å². The number of benzene rings is 2. The molecule has 0 unspecified atom stereocenters. The Bertz CT molecular complexity index is 1010. The van der Waals surface area contributed by atoms with Gasteiger partial charge in [0.1, 0.15) is 11.4 Å². The maximum absolute atomic E-state index is 9.72. The molecule has 1 aliphatic heterocycles. The van der Waals surface area contributed by atoms with Gasteiger partial charge in [0, 0.05) is 23.6 Å². The van der Waals surface area contributed by atoms with Crippen molar-refractivity contribution in [3.8, 4) is 28.1 Å². The highest BCUT2D eigenvalue weighted by Crippen LogP contribution is 2.54. The van der Waals surface area contributed by atoms with Crippen LogP contribution in [-0.4, -0.2) is 59.8 Å². The van der Waals surface area contributed by atoms with Crippen LogP contribution in [0.1, 0.15) is 31.4 Å². The zero-order valence-corrected chi connectivity index (χ0v) is 18.4. The normalized spacial score (nSPS) is 19.1. The van der Waals surface area contributed by atoms with E-state index in [2.05, 4.69) is 53.3 Å². The molecule has 1 saturated heterocycles. The molecule has 0 atom stereocenters. The van der Waals surface area contributed by atoms with Crippen LogP contribution in [0.4, 0.5) is 0 Å². The summed E-state index contributed by atoms with van der Waals surface area (Å²) in [5, 5.41) is 14.3. The van der Waals surface area contributed by atoms with Crippen LogP contribution in [0.3, 0.4) is 0 Å². The van der Waals surface area contributed by atoms with E-state index in [4.69, 9.17) is 4.52 Å². The topological polar surface area (TPSA) is 52.7 Å². The molecule has 0 bridgehead atoms. The van der Waals surface area contributed by atoms with Gasteiger partial charge in [0.2, 0.25) is 0 Å². The second kappa shape index (κ2) is 8.13. The molecule has 5 rings (SSSR count). The van der Waals surface area contributed by atoms with Crippen LogP contribution in [0.15, 0.2) is 59.1 Å². The molecular formula is C26H31N3O2. The molecule has 1 aromatic heterocycles. The zero-order chi connectivity index (χ0) is 21.4. The number of hydrogen-bond acceptors (Lipinski definition) is 5. The minimum Gasteiger partial charge on any atom is -0.508 e. The van der Waals surface area contributed by atoms with Crippen molar-refractivity contribution in [1.82, 2.24) is 15.0 Å². The lowest BCUT2D eigenvalue weighted by molar-refractivity contribution is 0.132. The molecular weight excluding hydrogens is 386 g/mol. The van der Waals surface area contributed by atoms with Crippen LogP contribution in [0.25, 0.3) is 22.4 Å². The van der Waals surface area contributed by atoms with Crippen molar-refractivity contribution >= 4 is 0 Å². The molecule has 1 saturated carbocycles. The summed E-state index contributed by atoms with van der Waals surface area (Å²) in [5.74, 6) is 1.28. The van der Waals surface area contributed by atoms with Crippen LogP contribution in [-0.2, 0) is 5.41 Å². The molecule has 2 fully saturated rings. The summed E-state index contributed by atoms with van der Waals surface area (Å²) in [4.78, 5) is 4.97. The average Bonchev–Trinajstić information content (AvgIpc) is 3.42. The van der Waals surface area contributed by atoms with Gasteiger partial charge in [-0.1, -0.05) is 35.5 Å². The summed E-state index contributed by atoms with van der Waals surface area (Å²) < 4.78 is 6.12. The van der Waals surface area contributed by atoms with Gasteiger partial charge < -0.3 is 19.4 Å². The van der Waals surface area contributed by atoms with Crippen LogP contribution in [0, 0.1) is 0 Å². The van der Waals surface area contributed by atoms with E-state index in [1.165, 1.54) is 12.8 Å². The number of rotatable bonds is 6. The van der Waals surface area contributed by atoms with Gasteiger partial charge in [0.15, 0.2) is 5.76 Å². The summed E-state index contributed by atoms with van der Waals surface area (Å²) in [5.41, 5.74) is 4.12. The summed E-state index contributed by atoms with van der Waals surface area (Å²) in [7, 11) is 4.38. The second-order valence-corrected chi connectivity index (χ2v) is 9.40. The molecule has 2 aromatic carbocycles. The van der Waals surface area contributed by atoms with Gasteiger partial charge in [0.05, 0.1) is 5.56 Å². The van der Waals surface area contributed by atoms with Gasteiger partial charge in [-0.15, -0.1) is 0 Å². The van der Waals surface area contributed by atoms with Crippen molar-refractivity contribution in [2.45, 2.75) is 37.1 Å². The standard InChI is InChI=1S/C26H31N3O2/c1-28(2)21-12-16-29(17-13-21)18-26(14-15-26)25-23(19-6-4-3-5-7-19)24(27-31-25)20-8-10-22(30)11-9-20/h3-11,21,30H,12-18H2,1-2H3. The largest absolute Gasteiger partial charge is 0.508 e. The lowest BCUT2D eigenvalue weighted by Gasteiger charge is -2.36. The first kappa shape index (κ1) is 20.3. The monoisotopic (exact) mass is 417 g/mol. The van der Waals surface area contributed by atoms with E-state index < -0.39 is 0 Å². The van der Waals surface area contributed by atoms with E-state index in [9.17, 15) is 5.11 Å². The highest BCUT2D eigenvalue weighted by atomic mass is 16.5. The average molecular weight is 418 g/mol. The summed E-state index contributed by atoms with van der Waals surface area (Å²) in [6.45, 7) is 3.33. The summed E-state index contributed by atoms with van der Waals surface area (Å²) in [6, 6.07) is 18.4. The first-order valence-electron chi connectivity index (χ1n) is 11.3. The summed E-state index contributed by atoms with van der Waals surface area (Å²) in [6.07, 6.45) is 4.74. The maximum atomic E-state index is 9.72. The predicted octanol–water partition coefficient (Wildman–Crippen LogP) is 4.77. The SMILES string of the molecule is CN(C)C1CCN(CC2(c3onc(-c4ccc(O)cc4)c3-c3ccccc3)CC2)CC1. The van der Waals surface area contributed by atoms with Crippen LogP contribution in [0.2, 0.25) is 0 Å².